The molecule has 6 N–H and O–H groups in total. The Balaban J connectivity index is 0.847. The van der Waals surface area contributed by atoms with Crippen LogP contribution in [0.15, 0.2) is 60.2 Å². The molecule has 0 saturated carbocycles. The first-order valence-electron chi connectivity index (χ1n) is 18.8. The number of fused-ring (bicyclic) bond motifs is 2. The number of hydrogen-bond acceptors (Lipinski definition) is 9. The zero-order valence-corrected chi connectivity index (χ0v) is 30.4. The molecule has 2 saturated heterocycles. The van der Waals surface area contributed by atoms with Crippen LogP contribution < -0.4 is 21.7 Å². The number of nitrogens with two attached hydrogens (primary N) is 1. The Morgan fingerprint density at radius 2 is 1.78 bits per heavy atom. The number of rotatable bonds is 14. The van der Waals surface area contributed by atoms with Gasteiger partial charge in [0.25, 0.3) is 17.7 Å². The van der Waals surface area contributed by atoms with Crippen molar-refractivity contribution in [2.75, 3.05) is 23.7 Å². The molecule has 3 aromatic rings. The maximum absolute atomic E-state index is 13.2. The van der Waals surface area contributed by atoms with Crippen LogP contribution in [0, 0.1) is 5.41 Å². The van der Waals surface area contributed by atoms with Crippen molar-refractivity contribution < 1.29 is 28.8 Å². The number of allylic oxidation sites excluding steroid dienone is 1. The van der Waals surface area contributed by atoms with Crippen molar-refractivity contribution in [3.05, 3.63) is 77.2 Å². The second kappa shape index (κ2) is 15.4. The van der Waals surface area contributed by atoms with Crippen LogP contribution in [0.4, 0.5) is 11.4 Å². The first-order chi connectivity index (χ1) is 26.0. The van der Waals surface area contributed by atoms with Gasteiger partial charge in [-0.25, -0.2) is 4.98 Å². The number of piperidine rings is 1. The summed E-state index contributed by atoms with van der Waals surface area (Å²) in [6.07, 6.45) is 12.1. The largest absolute Gasteiger partial charge is 0.385 e. The molecule has 1 aliphatic carbocycles. The van der Waals surface area contributed by atoms with Crippen molar-refractivity contribution in [2.45, 2.75) is 89.8 Å². The van der Waals surface area contributed by atoms with Gasteiger partial charge in [0, 0.05) is 36.0 Å². The van der Waals surface area contributed by atoms with Gasteiger partial charge < -0.3 is 21.4 Å². The predicted molar refractivity (Wildman–Crippen MR) is 202 cm³/mol. The molecule has 6 amide bonds. The van der Waals surface area contributed by atoms with Crippen molar-refractivity contribution in [1.29, 1.82) is 0 Å². The van der Waals surface area contributed by atoms with Crippen LogP contribution in [0.5, 0.6) is 0 Å². The zero-order valence-electron chi connectivity index (χ0n) is 30.4. The molecule has 14 nitrogen and oxygen atoms in total. The van der Waals surface area contributed by atoms with E-state index in [1.165, 1.54) is 12.8 Å². The summed E-state index contributed by atoms with van der Waals surface area (Å²) in [6, 6.07) is 10.1. The second-order valence-corrected chi connectivity index (χ2v) is 14.8. The number of imide groups is 2. The smallest absolute Gasteiger partial charge is 0.262 e. The van der Waals surface area contributed by atoms with Crippen LogP contribution in [0.25, 0.3) is 11.0 Å². The molecule has 0 bridgehead atoms. The summed E-state index contributed by atoms with van der Waals surface area (Å²) >= 11 is 0. The van der Waals surface area contributed by atoms with E-state index in [0.717, 1.165) is 60.5 Å². The Morgan fingerprint density at radius 3 is 2.52 bits per heavy atom. The number of aromatic amines is 1. The minimum atomic E-state index is -1.00. The molecule has 0 spiro atoms. The van der Waals surface area contributed by atoms with E-state index in [-0.39, 0.29) is 29.9 Å². The number of H-pyrrole nitrogens is 1. The maximum atomic E-state index is 13.2. The summed E-state index contributed by atoms with van der Waals surface area (Å²) in [5.74, 6) is -1.89. The lowest BCUT2D eigenvalue weighted by Gasteiger charge is -2.29. The highest BCUT2D eigenvalue weighted by molar-refractivity contribution is 6.23. The van der Waals surface area contributed by atoms with Gasteiger partial charge in [0.05, 0.1) is 34.1 Å². The van der Waals surface area contributed by atoms with Crippen LogP contribution in [0.2, 0.25) is 0 Å². The Hall–Kier alpha value is -5.63. The van der Waals surface area contributed by atoms with Crippen molar-refractivity contribution in [3.63, 3.8) is 0 Å². The van der Waals surface area contributed by atoms with Gasteiger partial charge in [-0.15, -0.1) is 0 Å². The molecule has 4 heterocycles. The topological polar surface area (TPSA) is 200 Å². The molecular weight excluding hydrogens is 688 g/mol. The van der Waals surface area contributed by atoms with E-state index >= 15 is 0 Å². The number of likely N-dealkylation sites (tertiary alicyclic amines) is 1. The number of imidazole rings is 1. The Labute approximate surface area is 313 Å². The van der Waals surface area contributed by atoms with Crippen LogP contribution in [0.1, 0.15) is 97.7 Å². The number of unbranched alkanes of at least 4 members (excludes halogenated alkanes) is 3. The van der Waals surface area contributed by atoms with E-state index in [0.29, 0.717) is 42.4 Å². The minimum absolute atomic E-state index is 0.0681. The monoisotopic (exact) mass is 734 g/mol. The molecule has 0 radical (unpaired) electrons. The number of benzene rings is 2. The number of carbonyl (C=O) groups is 6. The molecule has 2 fully saturated rings. The third-order valence-corrected chi connectivity index (χ3v) is 11.2. The number of nitrogens with zero attached hydrogens (tertiary/aromatic N) is 3. The molecule has 2 unspecified atom stereocenters. The van der Waals surface area contributed by atoms with E-state index < -0.39 is 41.0 Å². The van der Waals surface area contributed by atoms with Crippen LogP contribution in [0.3, 0.4) is 0 Å². The van der Waals surface area contributed by atoms with Gasteiger partial charge in [0.2, 0.25) is 17.7 Å². The number of hydrogen-bond donors (Lipinski definition) is 5. The Bertz CT molecular complexity index is 2090. The fraction of sp³-hybridized carbons (Fsp3) is 0.425. The number of aromatic nitrogens is 2. The van der Waals surface area contributed by atoms with Crippen molar-refractivity contribution in [3.8, 4) is 0 Å². The van der Waals surface area contributed by atoms with Crippen LogP contribution in [-0.2, 0) is 25.7 Å². The average Bonchev–Trinajstić information content (AvgIpc) is 3.82. The van der Waals surface area contributed by atoms with E-state index in [1.807, 2.05) is 18.2 Å². The lowest BCUT2D eigenvalue weighted by Crippen LogP contribution is -2.54. The summed E-state index contributed by atoms with van der Waals surface area (Å²) in [7, 11) is 0. The fourth-order valence-corrected chi connectivity index (χ4v) is 7.90. The highest BCUT2D eigenvalue weighted by Gasteiger charge is 2.44. The SMILES string of the molecule is C[C@H]1CCCN1Cc1nc2cc(NC(=O)C3=CCC(CCCCCCNc4ccc5c(c4)C(=O)N(C4CCC(=O)NC4=O)C5=O)(C(N)=O)C=C3)ccc2[nH]1. The molecule has 3 aliphatic heterocycles. The van der Waals surface area contributed by atoms with Gasteiger partial charge >= 0.3 is 0 Å². The lowest BCUT2D eigenvalue weighted by atomic mass is 9.75. The van der Waals surface area contributed by atoms with Crippen LogP contribution in [-0.4, -0.2) is 80.4 Å². The molecular formula is C40H46N8O6. The molecule has 3 atom stereocenters. The normalized spacial score (nSPS) is 22.8. The maximum Gasteiger partial charge on any atom is 0.262 e. The summed E-state index contributed by atoms with van der Waals surface area (Å²) < 4.78 is 0. The van der Waals surface area contributed by atoms with Crippen LogP contribution >= 0.6 is 0 Å². The number of amides is 6. The third-order valence-electron chi connectivity index (χ3n) is 11.2. The lowest BCUT2D eigenvalue weighted by molar-refractivity contribution is -0.136. The Morgan fingerprint density at radius 1 is 0.981 bits per heavy atom. The van der Waals surface area contributed by atoms with Gasteiger partial charge in [-0.1, -0.05) is 37.5 Å². The number of anilines is 2. The van der Waals surface area contributed by atoms with E-state index in [4.69, 9.17) is 10.7 Å². The standard InChI is InChI=1S/C40H46N8O6/c1-24-7-6-20-47(24)23-33-44-30-11-9-27(22-31(30)45-33)43-35(50)25-14-17-40(18-15-25,39(41)54)16-4-2-3-5-19-42-26-8-10-28-29(21-26)38(53)48(37(28)52)32-12-13-34(49)46-36(32)51/h8-11,14-15,17,21-22,24,32,42H,2-7,12-13,16,18-20,23H2,1H3,(H2,41,54)(H,43,50)(H,44,45)(H,46,49,51)/t24-,32?,40?/m0/s1. The van der Waals surface area contributed by atoms with E-state index in [2.05, 4.69) is 32.8 Å². The summed E-state index contributed by atoms with van der Waals surface area (Å²) in [6.45, 7) is 4.72. The van der Waals surface area contributed by atoms with Crippen molar-refractivity contribution >= 4 is 57.9 Å². The highest BCUT2D eigenvalue weighted by Crippen LogP contribution is 2.36. The quantitative estimate of drug-likeness (QED) is 0.118. The fourth-order valence-electron chi connectivity index (χ4n) is 7.90. The van der Waals surface area contributed by atoms with Crippen molar-refractivity contribution in [1.82, 2.24) is 25.1 Å². The Kier molecular flexibility index (Phi) is 10.5. The number of carbonyl (C=O) groups excluding carboxylic acids is 6. The minimum Gasteiger partial charge on any atom is -0.385 e. The molecule has 2 aromatic carbocycles. The molecule has 1 aromatic heterocycles. The molecule has 4 aliphatic rings. The molecule has 7 rings (SSSR count). The second-order valence-electron chi connectivity index (χ2n) is 14.8. The molecule has 282 valence electrons. The summed E-state index contributed by atoms with van der Waals surface area (Å²) in [5, 5.41) is 8.47. The van der Waals surface area contributed by atoms with Gasteiger partial charge in [-0.2, -0.15) is 0 Å². The highest BCUT2D eigenvalue weighted by atomic mass is 16.2. The first-order valence-corrected chi connectivity index (χ1v) is 18.8. The molecule has 54 heavy (non-hydrogen) atoms. The van der Waals surface area contributed by atoms with Gasteiger partial charge in [0.1, 0.15) is 11.9 Å². The number of nitrogens with one attached hydrogen (secondary N) is 4. The van der Waals surface area contributed by atoms with Crippen molar-refractivity contribution in [2.24, 2.45) is 11.1 Å². The predicted octanol–water partition coefficient (Wildman–Crippen LogP) is 4.31. The summed E-state index contributed by atoms with van der Waals surface area (Å²) in [5.41, 5.74) is 9.02. The van der Waals surface area contributed by atoms with E-state index in [1.54, 1.807) is 36.4 Å². The average molecular weight is 735 g/mol. The summed E-state index contributed by atoms with van der Waals surface area (Å²) in [4.78, 5) is 87.2. The van der Waals surface area contributed by atoms with E-state index in [9.17, 15) is 28.8 Å². The third kappa shape index (κ3) is 7.56. The molecule has 14 heteroatoms. The first kappa shape index (κ1) is 36.7. The zero-order chi connectivity index (χ0) is 38.0. The van der Waals surface area contributed by atoms with Gasteiger partial charge in [-0.05, 0) is 88.4 Å². The van der Waals surface area contributed by atoms with Gasteiger partial charge in [-0.3, -0.25) is 43.9 Å². The van der Waals surface area contributed by atoms with Gasteiger partial charge in [0.15, 0.2) is 0 Å². The number of primary amides is 1.